The van der Waals surface area contributed by atoms with Gasteiger partial charge in [0.15, 0.2) is 0 Å². The maximum Gasteiger partial charge on any atom is 0.262 e. The van der Waals surface area contributed by atoms with Gasteiger partial charge in [-0.15, -0.1) is 0 Å². The topological polar surface area (TPSA) is 105 Å². The number of aromatic hydroxyl groups is 1. The van der Waals surface area contributed by atoms with Gasteiger partial charge in [-0.25, -0.2) is 12.8 Å². The molecular weight excluding hydrogens is 399 g/mol. The molecule has 3 N–H and O–H groups in total. The second-order valence-electron chi connectivity index (χ2n) is 5.95. The zero-order valence-corrected chi connectivity index (χ0v) is 16.0. The summed E-state index contributed by atoms with van der Waals surface area (Å²) in [5.41, 5.74) is 0.111. The largest absolute Gasteiger partial charge is 0.506 e. The van der Waals surface area contributed by atoms with Crippen LogP contribution in [0.2, 0.25) is 0 Å². The van der Waals surface area contributed by atoms with Gasteiger partial charge in [0.25, 0.3) is 15.9 Å². The Morgan fingerprint density at radius 1 is 1.00 bits per heavy atom. The van der Waals surface area contributed by atoms with Crippen molar-refractivity contribution in [2.75, 3.05) is 17.1 Å². The molecular formula is C20H17FN2O5S. The van der Waals surface area contributed by atoms with E-state index in [-0.39, 0.29) is 27.6 Å². The number of hydrogen-bond donors (Lipinski definition) is 3. The van der Waals surface area contributed by atoms with Crippen LogP contribution in [0.1, 0.15) is 10.4 Å². The average molecular weight is 416 g/mol. The fourth-order valence-electron chi connectivity index (χ4n) is 2.54. The number of nitrogens with one attached hydrogen (secondary N) is 2. The summed E-state index contributed by atoms with van der Waals surface area (Å²) in [7, 11) is -2.63. The Hall–Kier alpha value is -3.59. The van der Waals surface area contributed by atoms with Crippen molar-refractivity contribution in [1.82, 2.24) is 0 Å². The van der Waals surface area contributed by atoms with E-state index in [1.54, 1.807) is 18.2 Å². The molecule has 0 aliphatic carbocycles. The highest BCUT2D eigenvalue weighted by Gasteiger charge is 2.19. The van der Waals surface area contributed by atoms with Crippen molar-refractivity contribution < 1.29 is 27.4 Å². The van der Waals surface area contributed by atoms with Gasteiger partial charge in [-0.2, -0.15) is 0 Å². The molecule has 0 saturated carbocycles. The molecule has 0 atom stereocenters. The predicted molar refractivity (Wildman–Crippen MR) is 106 cm³/mol. The van der Waals surface area contributed by atoms with Gasteiger partial charge in [0.05, 0.1) is 23.4 Å². The van der Waals surface area contributed by atoms with Crippen molar-refractivity contribution in [3.8, 4) is 11.5 Å². The van der Waals surface area contributed by atoms with Gasteiger partial charge >= 0.3 is 0 Å². The molecule has 3 rings (SSSR count). The van der Waals surface area contributed by atoms with Gasteiger partial charge in [-0.05, 0) is 48.5 Å². The first kappa shape index (κ1) is 20.2. The Morgan fingerprint density at radius 3 is 2.48 bits per heavy atom. The van der Waals surface area contributed by atoms with Gasteiger partial charge in [-0.3, -0.25) is 9.52 Å². The summed E-state index contributed by atoms with van der Waals surface area (Å²) in [5.74, 6) is -1.31. The summed E-state index contributed by atoms with van der Waals surface area (Å²) < 4.78 is 46.3. The highest BCUT2D eigenvalue weighted by atomic mass is 32.2. The molecule has 7 nitrogen and oxygen atoms in total. The van der Waals surface area contributed by atoms with E-state index < -0.39 is 21.7 Å². The summed E-state index contributed by atoms with van der Waals surface area (Å²) in [6.45, 7) is 0. The number of ether oxygens (including phenoxy) is 1. The number of phenols is 1. The molecule has 9 heteroatoms. The van der Waals surface area contributed by atoms with E-state index in [0.29, 0.717) is 5.75 Å². The number of methoxy groups -OCH3 is 1. The average Bonchev–Trinajstić information content (AvgIpc) is 2.69. The third kappa shape index (κ3) is 4.64. The van der Waals surface area contributed by atoms with Crippen molar-refractivity contribution in [2.45, 2.75) is 4.90 Å². The fourth-order valence-corrected chi connectivity index (χ4v) is 3.64. The molecule has 1 amide bonds. The number of carbonyl (C=O) groups is 1. The Bertz CT molecular complexity index is 1170. The number of halogens is 1. The number of phenolic OH excluding ortho intramolecular Hbond substituents is 1. The van der Waals surface area contributed by atoms with E-state index >= 15 is 0 Å². The monoisotopic (exact) mass is 416 g/mol. The molecule has 0 bridgehead atoms. The minimum absolute atomic E-state index is 0.0183. The molecule has 0 aliphatic rings. The lowest BCUT2D eigenvalue weighted by atomic mass is 10.2. The van der Waals surface area contributed by atoms with Crippen molar-refractivity contribution in [2.24, 2.45) is 0 Å². The van der Waals surface area contributed by atoms with Crippen LogP contribution in [0.4, 0.5) is 15.8 Å². The maximum absolute atomic E-state index is 13.3. The van der Waals surface area contributed by atoms with E-state index in [2.05, 4.69) is 10.0 Å². The summed E-state index contributed by atoms with van der Waals surface area (Å²) in [4.78, 5) is 12.1. The van der Waals surface area contributed by atoms with Crippen LogP contribution in [0.3, 0.4) is 0 Å². The van der Waals surface area contributed by atoms with E-state index in [4.69, 9.17) is 4.74 Å². The smallest absolute Gasteiger partial charge is 0.262 e. The van der Waals surface area contributed by atoms with Crippen LogP contribution >= 0.6 is 0 Å². The number of para-hydroxylation sites is 2. The fraction of sp³-hybridized carbons (Fsp3) is 0.0500. The first-order valence-electron chi connectivity index (χ1n) is 8.36. The van der Waals surface area contributed by atoms with Crippen LogP contribution in [0.5, 0.6) is 11.5 Å². The quantitative estimate of drug-likeness (QED) is 0.533. The summed E-state index contributed by atoms with van der Waals surface area (Å²) in [6, 6.07) is 14.8. The predicted octanol–water partition coefficient (Wildman–Crippen LogP) is 3.59. The standard InChI is InChI=1S/C20H17FN2O5S/c1-28-19-8-3-2-7-16(19)23-29(26,27)15-9-10-18(24)17(12-15)22-20(25)13-5-4-6-14(21)11-13/h2-12,23-24H,1H3,(H,22,25). The number of benzene rings is 3. The van der Waals surface area contributed by atoms with Crippen LogP contribution in [-0.2, 0) is 10.0 Å². The van der Waals surface area contributed by atoms with Crippen molar-refractivity contribution in [1.29, 1.82) is 0 Å². The zero-order valence-electron chi connectivity index (χ0n) is 15.2. The highest BCUT2D eigenvalue weighted by Crippen LogP contribution is 2.30. The second kappa shape index (κ2) is 8.19. The van der Waals surface area contributed by atoms with Gasteiger partial charge in [0, 0.05) is 5.56 Å². The van der Waals surface area contributed by atoms with Gasteiger partial charge in [-0.1, -0.05) is 18.2 Å². The minimum atomic E-state index is -4.04. The number of rotatable bonds is 6. The Balaban J connectivity index is 1.89. The van der Waals surface area contributed by atoms with Gasteiger partial charge in [0.2, 0.25) is 0 Å². The summed E-state index contributed by atoms with van der Waals surface area (Å²) >= 11 is 0. The van der Waals surface area contributed by atoms with Crippen LogP contribution < -0.4 is 14.8 Å². The number of anilines is 2. The van der Waals surface area contributed by atoms with E-state index in [9.17, 15) is 22.7 Å². The molecule has 29 heavy (non-hydrogen) atoms. The number of sulfonamides is 1. The van der Waals surface area contributed by atoms with Gasteiger partial charge in [0.1, 0.15) is 17.3 Å². The number of amides is 1. The molecule has 0 aliphatic heterocycles. The zero-order chi connectivity index (χ0) is 21.0. The third-order valence-electron chi connectivity index (χ3n) is 3.96. The number of hydrogen-bond acceptors (Lipinski definition) is 5. The maximum atomic E-state index is 13.3. The van der Waals surface area contributed by atoms with Crippen LogP contribution in [-0.4, -0.2) is 26.5 Å². The lowest BCUT2D eigenvalue weighted by Crippen LogP contribution is -2.15. The molecule has 0 heterocycles. The van der Waals surface area contributed by atoms with E-state index in [1.165, 1.54) is 37.4 Å². The van der Waals surface area contributed by atoms with Crippen LogP contribution in [0.25, 0.3) is 0 Å². The van der Waals surface area contributed by atoms with E-state index in [1.807, 2.05) is 0 Å². The molecule has 3 aromatic rings. The molecule has 0 aromatic heterocycles. The molecule has 150 valence electrons. The SMILES string of the molecule is COc1ccccc1NS(=O)(=O)c1ccc(O)c(NC(=O)c2cccc(F)c2)c1. The van der Waals surface area contributed by atoms with Crippen molar-refractivity contribution in [3.63, 3.8) is 0 Å². The molecule has 0 spiro atoms. The Labute approximate surface area is 166 Å². The summed E-state index contributed by atoms with van der Waals surface area (Å²) in [6.07, 6.45) is 0. The first-order chi connectivity index (χ1) is 13.8. The molecule has 0 saturated heterocycles. The lowest BCUT2D eigenvalue weighted by molar-refractivity contribution is 0.102. The molecule has 0 unspecified atom stereocenters. The van der Waals surface area contributed by atoms with Crippen LogP contribution in [0, 0.1) is 5.82 Å². The number of carbonyl (C=O) groups excluding carboxylic acids is 1. The molecule has 0 radical (unpaired) electrons. The molecule has 3 aromatic carbocycles. The lowest BCUT2D eigenvalue weighted by Gasteiger charge is -2.13. The van der Waals surface area contributed by atoms with Crippen molar-refractivity contribution >= 4 is 27.3 Å². The highest BCUT2D eigenvalue weighted by molar-refractivity contribution is 7.92. The third-order valence-corrected chi connectivity index (χ3v) is 5.33. The van der Waals surface area contributed by atoms with Crippen LogP contribution in [0.15, 0.2) is 71.6 Å². The summed E-state index contributed by atoms with van der Waals surface area (Å²) in [5, 5.41) is 12.4. The minimum Gasteiger partial charge on any atom is -0.506 e. The second-order valence-corrected chi connectivity index (χ2v) is 7.63. The first-order valence-corrected chi connectivity index (χ1v) is 9.84. The van der Waals surface area contributed by atoms with Gasteiger partial charge < -0.3 is 15.2 Å². The Morgan fingerprint density at radius 2 is 1.76 bits per heavy atom. The van der Waals surface area contributed by atoms with Crippen molar-refractivity contribution in [3.05, 3.63) is 78.1 Å². The molecule has 0 fully saturated rings. The Kier molecular flexibility index (Phi) is 5.69. The normalized spacial score (nSPS) is 11.0. The van der Waals surface area contributed by atoms with E-state index in [0.717, 1.165) is 18.2 Å².